The number of aromatic hydroxyl groups is 1. The van der Waals surface area contributed by atoms with Crippen molar-refractivity contribution in [1.29, 1.82) is 0 Å². The van der Waals surface area contributed by atoms with Gasteiger partial charge in [0.2, 0.25) is 5.91 Å². The van der Waals surface area contributed by atoms with E-state index in [0.717, 1.165) is 5.56 Å². The molecule has 0 aliphatic heterocycles. The first-order valence-electron chi connectivity index (χ1n) is 5.63. The second-order valence-corrected chi connectivity index (χ2v) is 3.39. The topological polar surface area (TPSA) is 49.3 Å². The maximum absolute atomic E-state index is 11.2. The molecule has 0 aliphatic rings. The smallest absolute Gasteiger partial charge is 0.222 e. The van der Waals surface area contributed by atoms with Gasteiger partial charge in [0.05, 0.1) is 0 Å². The van der Waals surface area contributed by atoms with Gasteiger partial charge in [-0.15, -0.1) is 0 Å². The second kappa shape index (κ2) is 7.74. The van der Waals surface area contributed by atoms with Gasteiger partial charge >= 0.3 is 0 Å². The molecule has 3 heteroatoms. The Kier molecular flexibility index (Phi) is 7.01. The van der Waals surface area contributed by atoms with Crippen molar-refractivity contribution >= 4 is 5.91 Å². The molecule has 2 N–H and O–H groups in total. The van der Waals surface area contributed by atoms with Crippen LogP contribution in [0.5, 0.6) is 5.75 Å². The van der Waals surface area contributed by atoms with Crippen LogP contribution in [0.25, 0.3) is 0 Å². The fraction of sp³-hybridized carbons (Fsp3) is 0.462. The molecule has 1 rings (SSSR count). The Morgan fingerprint density at radius 3 is 2.25 bits per heavy atom. The molecule has 1 amide bonds. The number of benzene rings is 1. The number of phenolic OH excluding ortho intramolecular Hbond substituents is 1. The molecule has 1 atom stereocenters. The molecule has 1 aromatic carbocycles. The average molecular weight is 223 g/mol. The highest BCUT2D eigenvalue weighted by Gasteiger charge is 2.11. The summed E-state index contributed by atoms with van der Waals surface area (Å²) in [5, 5.41) is 11.7. The maximum Gasteiger partial charge on any atom is 0.222 e. The van der Waals surface area contributed by atoms with Gasteiger partial charge in [0.25, 0.3) is 0 Å². The van der Waals surface area contributed by atoms with Crippen molar-refractivity contribution in [2.24, 2.45) is 5.92 Å². The van der Waals surface area contributed by atoms with E-state index in [4.69, 9.17) is 5.11 Å². The van der Waals surface area contributed by atoms with Gasteiger partial charge in [0, 0.05) is 13.0 Å². The van der Waals surface area contributed by atoms with Crippen LogP contribution >= 0.6 is 0 Å². The van der Waals surface area contributed by atoms with Crippen LogP contribution in [0.15, 0.2) is 24.3 Å². The van der Waals surface area contributed by atoms with Gasteiger partial charge in [-0.3, -0.25) is 4.79 Å². The van der Waals surface area contributed by atoms with Crippen molar-refractivity contribution in [2.45, 2.75) is 27.2 Å². The Hall–Kier alpha value is -1.51. The Labute approximate surface area is 97.5 Å². The molecule has 0 spiro atoms. The largest absolute Gasteiger partial charge is 0.508 e. The van der Waals surface area contributed by atoms with Gasteiger partial charge in [-0.05, 0) is 24.1 Å². The summed E-state index contributed by atoms with van der Waals surface area (Å²) in [6.07, 6.45) is 0.694. The molecule has 16 heavy (non-hydrogen) atoms. The van der Waals surface area contributed by atoms with E-state index < -0.39 is 0 Å². The van der Waals surface area contributed by atoms with Crippen LogP contribution in [0.3, 0.4) is 0 Å². The number of hydrogen-bond acceptors (Lipinski definition) is 2. The molecule has 1 unspecified atom stereocenters. The third-order valence-corrected chi connectivity index (χ3v) is 2.17. The van der Waals surface area contributed by atoms with Gasteiger partial charge in [-0.2, -0.15) is 0 Å². The summed E-state index contributed by atoms with van der Waals surface area (Å²) in [6, 6.07) is 6.92. The highest BCUT2D eigenvalue weighted by atomic mass is 16.3. The zero-order chi connectivity index (χ0) is 12.6. The summed E-state index contributed by atoms with van der Waals surface area (Å²) < 4.78 is 0. The highest BCUT2D eigenvalue weighted by Crippen LogP contribution is 2.13. The third kappa shape index (κ3) is 4.82. The normalized spacial score (nSPS) is 11.0. The Morgan fingerprint density at radius 1 is 1.31 bits per heavy atom. The van der Waals surface area contributed by atoms with Gasteiger partial charge in [0.1, 0.15) is 5.75 Å². The number of nitrogens with one attached hydrogen (secondary N) is 1. The van der Waals surface area contributed by atoms with Crippen molar-refractivity contribution < 1.29 is 9.90 Å². The average Bonchev–Trinajstić information content (AvgIpc) is 2.33. The van der Waals surface area contributed by atoms with E-state index >= 15 is 0 Å². The van der Waals surface area contributed by atoms with Crippen LogP contribution in [0.2, 0.25) is 0 Å². The zero-order valence-corrected chi connectivity index (χ0v) is 10.4. The first-order chi connectivity index (χ1) is 7.63. The van der Waals surface area contributed by atoms with Crippen molar-refractivity contribution in [3.05, 3.63) is 29.8 Å². The molecular formula is C13H21NO2. The number of phenols is 1. The predicted octanol–water partition coefficient (Wildman–Crippen LogP) is 2.34. The standard InChI is InChI=1S/C11H15NO2.C2H6/c1-8(11(14)12-2)7-9-3-5-10(13)6-4-9;1-2/h3-6,8,13H,7H2,1-2H3,(H,12,14);1-2H3. The van der Waals surface area contributed by atoms with Crippen molar-refractivity contribution in [2.75, 3.05) is 7.05 Å². The van der Waals surface area contributed by atoms with Gasteiger partial charge in [-0.1, -0.05) is 32.9 Å². The lowest BCUT2D eigenvalue weighted by atomic mass is 10.0. The molecule has 0 fully saturated rings. The second-order valence-electron chi connectivity index (χ2n) is 3.39. The van der Waals surface area contributed by atoms with Crippen LogP contribution in [0.4, 0.5) is 0 Å². The van der Waals surface area contributed by atoms with E-state index in [1.165, 1.54) is 0 Å². The molecule has 1 aromatic rings. The van der Waals surface area contributed by atoms with Crippen molar-refractivity contribution in [3.63, 3.8) is 0 Å². The van der Waals surface area contributed by atoms with Crippen LogP contribution in [-0.4, -0.2) is 18.1 Å². The number of carbonyl (C=O) groups excluding carboxylic acids is 1. The summed E-state index contributed by atoms with van der Waals surface area (Å²) in [5.41, 5.74) is 1.05. The van der Waals surface area contributed by atoms with Crippen molar-refractivity contribution in [1.82, 2.24) is 5.32 Å². The summed E-state index contributed by atoms with van der Waals surface area (Å²) in [5.74, 6) is 0.254. The molecule has 0 aromatic heterocycles. The zero-order valence-electron chi connectivity index (χ0n) is 10.4. The Morgan fingerprint density at radius 2 is 1.81 bits per heavy atom. The number of rotatable bonds is 3. The minimum absolute atomic E-state index is 0.0375. The quantitative estimate of drug-likeness (QED) is 0.826. The van der Waals surface area contributed by atoms with E-state index in [1.807, 2.05) is 32.9 Å². The van der Waals surface area contributed by atoms with Crippen LogP contribution < -0.4 is 5.32 Å². The molecule has 0 saturated carbocycles. The molecule has 0 heterocycles. The Bertz CT molecular complexity index is 306. The summed E-state index contributed by atoms with van der Waals surface area (Å²) >= 11 is 0. The molecule has 90 valence electrons. The number of amides is 1. The summed E-state index contributed by atoms with van der Waals surface area (Å²) in [6.45, 7) is 5.88. The number of carbonyl (C=O) groups is 1. The van der Waals surface area contributed by atoms with Crippen molar-refractivity contribution in [3.8, 4) is 5.75 Å². The van der Waals surface area contributed by atoms with E-state index in [2.05, 4.69) is 5.32 Å². The maximum atomic E-state index is 11.2. The molecule has 0 saturated heterocycles. The predicted molar refractivity (Wildman–Crippen MR) is 66.4 cm³/mol. The summed E-state index contributed by atoms with van der Waals surface area (Å²) in [7, 11) is 1.63. The van der Waals surface area contributed by atoms with E-state index in [1.54, 1.807) is 19.2 Å². The van der Waals surface area contributed by atoms with Crippen LogP contribution in [-0.2, 0) is 11.2 Å². The highest BCUT2D eigenvalue weighted by molar-refractivity contribution is 5.78. The minimum atomic E-state index is -0.0375. The summed E-state index contributed by atoms with van der Waals surface area (Å²) in [4.78, 5) is 11.2. The fourth-order valence-electron chi connectivity index (χ4n) is 1.32. The Balaban J connectivity index is 0.00000106. The molecule has 0 aliphatic carbocycles. The first-order valence-corrected chi connectivity index (χ1v) is 5.63. The van der Waals surface area contributed by atoms with E-state index in [9.17, 15) is 4.79 Å². The molecule has 0 radical (unpaired) electrons. The minimum Gasteiger partial charge on any atom is -0.508 e. The van der Waals surface area contributed by atoms with Gasteiger partial charge < -0.3 is 10.4 Å². The lowest BCUT2D eigenvalue weighted by Crippen LogP contribution is -2.26. The monoisotopic (exact) mass is 223 g/mol. The van der Waals surface area contributed by atoms with Gasteiger partial charge in [0.15, 0.2) is 0 Å². The number of hydrogen-bond donors (Lipinski definition) is 2. The SMILES string of the molecule is CC.CNC(=O)C(C)Cc1ccc(O)cc1. The lowest BCUT2D eigenvalue weighted by molar-refractivity contribution is -0.123. The van der Waals surface area contributed by atoms with E-state index in [0.29, 0.717) is 6.42 Å². The van der Waals surface area contributed by atoms with Crippen LogP contribution in [0, 0.1) is 5.92 Å². The molecule has 0 bridgehead atoms. The molecule has 3 nitrogen and oxygen atoms in total. The van der Waals surface area contributed by atoms with Gasteiger partial charge in [-0.25, -0.2) is 0 Å². The fourth-order valence-corrected chi connectivity index (χ4v) is 1.32. The van der Waals surface area contributed by atoms with Crippen LogP contribution in [0.1, 0.15) is 26.3 Å². The molecular weight excluding hydrogens is 202 g/mol. The third-order valence-electron chi connectivity index (χ3n) is 2.17. The van der Waals surface area contributed by atoms with E-state index in [-0.39, 0.29) is 17.6 Å². The first kappa shape index (κ1) is 14.5. The lowest BCUT2D eigenvalue weighted by Gasteiger charge is -2.09.